The maximum atomic E-state index is 13.2. The van der Waals surface area contributed by atoms with E-state index in [2.05, 4.69) is 10.3 Å². The summed E-state index contributed by atoms with van der Waals surface area (Å²) in [6, 6.07) is 4.80. The monoisotopic (exact) mass is 487 g/mol. The first-order chi connectivity index (χ1) is 16.2. The summed E-state index contributed by atoms with van der Waals surface area (Å²) in [6.45, 7) is 7.23. The smallest absolute Gasteiger partial charge is 0.348 e. The van der Waals surface area contributed by atoms with Crippen LogP contribution in [0.15, 0.2) is 29.3 Å². The van der Waals surface area contributed by atoms with E-state index < -0.39 is 12.0 Å². The number of aryl methyl sites for hydroxylation is 1. The second-order valence-corrected chi connectivity index (χ2v) is 9.05. The van der Waals surface area contributed by atoms with Gasteiger partial charge >= 0.3 is 5.97 Å². The number of hydrogen-bond donors (Lipinski definition) is 1. The van der Waals surface area contributed by atoms with Gasteiger partial charge in [-0.2, -0.15) is 0 Å². The number of nitrogens with one attached hydrogen (secondary N) is 1. The first-order valence-corrected chi connectivity index (χ1v) is 11.7. The van der Waals surface area contributed by atoms with Gasteiger partial charge in [-0.25, -0.2) is 9.78 Å². The molecular weight excluding hydrogens is 458 g/mol. The summed E-state index contributed by atoms with van der Waals surface area (Å²) in [7, 11) is 3.14. The van der Waals surface area contributed by atoms with E-state index in [4.69, 9.17) is 14.2 Å². The summed E-state index contributed by atoms with van der Waals surface area (Å²) in [5, 5.41) is 3.19. The molecule has 2 aromatic heterocycles. The third-order valence-corrected chi connectivity index (χ3v) is 6.54. The zero-order valence-corrected chi connectivity index (χ0v) is 20.9. The molecular formula is C24H29N3O6S. The fraction of sp³-hybridized carbons (Fsp3) is 0.417. The van der Waals surface area contributed by atoms with Crippen molar-refractivity contribution in [1.29, 1.82) is 0 Å². The van der Waals surface area contributed by atoms with Crippen molar-refractivity contribution in [3.8, 4) is 11.5 Å². The number of carbonyl (C=O) groups excluding carboxylic acids is 2. The van der Waals surface area contributed by atoms with Gasteiger partial charge in [-0.1, -0.05) is 6.07 Å². The van der Waals surface area contributed by atoms with Crippen LogP contribution in [0.3, 0.4) is 0 Å². The number of ether oxygens (including phenoxy) is 3. The standard InChI is InChI=1S/C24H29N3O6S/c1-13(2)33-24(30)20-14(3)19-22(34-20)26-12-27(23(19)29)15(4)21(28)25-10-9-16-7-8-17(31-5)18(11-16)32-6/h7-8,11-13,15H,9-10H2,1-6H3,(H,25,28). The van der Waals surface area contributed by atoms with Gasteiger partial charge in [-0.15, -0.1) is 11.3 Å². The molecule has 0 aliphatic heterocycles. The first kappa shape index (κ1) is 25.2. The number of nitrogens with zero attached hydrogens (tertiary/aromatic N) is 2. The van der Waals surface area contributed by atoms with E-state index in [-0.39, 0.29) is 17.6 Å². The third-order valence-electron chi connectivity index (χ3n) is 5.36. The summed E-state index contributed by atoms with van der Waals surface area (Å²) in [6.07, 6.45) is 1.65. The molecule has 2 heterocycles. The lowest BCUT2D eigenvalue weighted by molar-refractivity contribution is -0.123. The molecule has 182 valence electrons. The molecule has 0 aliphatic carbocycles. The maximum absolute atomic E-state index is 13.2. The highest BCUT2D eigenvalue weighted by atomic mass is 32.1. The molecule has 3 rings (SSSR count). The van der Waals surface area contributed by atoms with E-state index in [1.807, 2.05) is 18.2 Å². The number of aromatic nitrogens is 2. The predicted molar refractivity (Wildman–Crippen MR) is 130 cm³/mol. The quantitative estimate of drug-likeness (QED) is 0.462. The number of carbonyl (C=O) groups is 2. The summed E-state index contributed by atoms with van der Waals surface area (Å²) in [5.41, 5.74) is 1.11. The molecule has 0 aliphatic rings. The lowest BCUT2D eigenvalue weighted by Crippen LogP contribution is -2.36. The highest BCUT2D eigenvalue weighted by molar-refractivity contribution is 7.20. The summed E-state index contributed by atoms with van der Waals surface area (Å²) >= 11 is 1.12. The minimum atomic E-state index is -0.778. The molecule has 1 aromatic carbocycles. The first-order valence-electron chi connectivity index (χ1n) is 10.9. The minimum absolute atomic E-state index is 0.274. The number of amides is 1. The Balaban J connectivity index is 1.73. The van der Waals surface area contributed by atoms with E-state index in [0.717, 1.165) is 16.9 Å². The molecule has 1 atom stereocenters. The van der Waals surface area contributed by atoms with Crippen LogP contribution in [0.25, 0.3) is 10.2 Å². The Labute approximate surface area is 201 Å². The largest absolute Gasteiger partial charge is 0.493 e. The lowest BCUT2D eigenvalue weighted by Gasteiger charge is -2.15. The number of methoxy groups -OCH3 is 2. The van der Waals surface area contributed by atoms with Gasteiger partial charge in [0.2, 0.25) is 5.91 Å². The molecule has 0 bridgehead atoms. The Kier molecular flexibility index (Phi) is 7.93. The Morgan fingerprint density at radius 2 is 1.85 bits per heavy atom. The van der Waals surface area contributed by atoms with Crippen molar-refractivity contribution >= 4 is 33.4 Å². The average molecular weight is 488 g/mol. The van der Waals surface area contributed by atoms with Gasteiger partial charge in [0.25, 0.3) is 5.56 Å². The van der Waals surface area contributed by atoms with Crippen molar-refractivity contribution in [2.75, 3.05) is 20.8 Å². The molecule has 0 spiro atoms. The zero-order chi connectivity index (χ0) is 25.0. The van der Waals surface area contributed by atoms with Crippen LogP contribution in [0.1, 0.15) is 47.6 Å². The third kappa shape index (κ3) is 5.22. The molecule has 1 amide bonds. The van der Waals surface area contributed by atoms with E-state index in [0.29, 0.717) is 45.1 Å². The van der Waals surface area contributed by atoms with E-state index in [1.165, 1.54) is 10.9 Å². The predicted octanol–water partition coefficient (Wildman–Crippen LogP) is 3.27. The fourth-order valence-corrected chi connectivity index (χ4v) is 4.54. The minimum Gasteiger partial charge on any atom is -0.493 e. The molecule has 0 radical (unpaired) electrons. The summed E-state index contributed by atoms with van der Waals surface area (Å²) in [4.78, 5) is 43.4. The van der Waals surface area contributed by atoms with Crippen molar-refractivity contribution in [2.24, 2.45) is 0 Å². The fourth-order valence-electron chi connectivity index (χ4n) is 3.52. The number of benzene rings is 1. The molecule has 0 saturated carbocycles. The average Bonchev–Trinajstić information content (AvgIpc) is 3.15. The number of esters is 1. The van der Waals surface area contributed by atoms with Crippen LogP contribution >= 0.6 is 11.3 Å². The molecule has 0 fully saturated rings. The van der Waals surface area contributed by atoms with Gasteiger partial charge in [0.1, 0.15) is 15.7 Å². The van der Waals surface area contributed by atoms with E-state index >= 15 is 0 Å². The second kappa shape index (κ2) is 10.7. The number of rotatable bonds is 9. The van der Waals surface area contributed by atoms with Gasteiger partial charge < -0.3 is 19.5 Å². The van der Waals surface area contributed by atoms with Gasteiger partial charge in [0.15, 0.2) is 11.5 Å². The normalized spacial score (nSPS) is 12.0. The van der Waals surface area contributed by atoms with Crippen molar-refractivity contribution in [3.63, 3.8) is 0 Å². The highest BCUT2D eigenvalue weighted by Crippen LogP contribution is 2.29. The van der Waals surface area contributed by atoms with Gasteiger partial charge in [-0.05, 0) is 57.4 Å². The second-order valence-electron chi connectivity index (χ2n) is 8.05. The molecule has 3 aromatic rings. The maximum Gasteiger partial charge on any atom is 0.348 e. The van der Waals surface area contributed by atoms with Crippen LogP contribution in [0.4, 0.5) is 0 Å². The van der Waals surface area contributed by atoms with Gasteiger partial charge in [-0.3, -0.25) is 14.2 Å². The molecule has 9 nitrogen and oxygen atoms in total. The topological polar surface area (TPSA) is 109 Å². The SMILES string of the molecule is COc1ccc(CCNC(=O)C(C)n2cnc3sc(C(=O)OC(C)C)c(C)c3c2=O)cc1OC. The Bertz CT molecular complexity index is 1260. The van der Waals surface area contributed by atoms with Crippen LogP contribution in [0.5, 0.6) is 11.5 Å². The van der Waals surface area contributed by atoms with Crippen molar-refractivity contribution in [3.05, 3.63) is 50.9 Å². The van der Waals surface area contributed by atoms with Gasteiger partial charge in [0, 0.05) is 6.54 Å². The van der Waals surface area contributed by atoms with Gasteiger partial charge in [0.05, 0.1) is 32.0 Å². The van der Waals surface area contributed by atoms with Crippen LogP contribution in [0.2, 0.25) is 0 Å². The molecule has 1 unspecified atom stereocenters. The lowest BCUT2D eigenvalue weighted by atomic mass is 10.1. The number of hydrogen-bond acceptors (Lipinski definition) is 8. The Morgan fingerprint density at radius 1 is 1.15 bits per heavy atom. The summed E-state index contributed by atoms with van der Waals surface area (Å²) in [5.74, 6) is 0.461. The van der Waals surface area contributed by atoms with Crippen molar-refractivity contribution in [1.82, 2.24) is 14.9 Å². The molecule has 0 saturated heterocycles. The zero-order valence-electron chi connectivity index (χ0n) is 20.1. The molecule has 1 N–H and O–H groups in total. The van der Waals surface area contributed by atoms with Crippen LogP contribution in [-0.2, 0) is 16.0 Å². The van der Waals surface area contributed by atoms with Crippen LogP contribution < -0.4 is 20.3 Å². The van der Waals surface area contributed by atoms with E-state index in [9.17, 15) is 14.4 Å². The summed E-state index contributed by atoms with van der Waals surface area (Å²) < 4.78 is 17.1. The Morgan fingerprint density at radius 3 is 2.50 bits per heavy atom. The Hall–Kier alpha value is -3.40. The highest BCUT2D eigenvalue weighted by Gasteiger charge is 2.24. The van der Waals surface area contributed by atoms with E-state index in [1.54, 1.807) is 41.9 Å². The van der Waals surface area contributed by atoms with Crippen molar-refractivity contribution in [2.45, 2.75) is 46.3 Å². The molecule has 34 heavy (non-hydrogen) atoms. The molecule has 10 heteroatoms. The van der Waals surface area contributed by atoms with Crippen LogP contribution in [-0.4, -0.2) is 48.3 Å². The van der Waals surface area contributed by atoms with Crippen LogP contribution in [0, 0.1) is 6.92 Å². The van der Waals surface area contributed by atoms with Crippen molar-refractivity contribution < 1.29 is 23.8 Å². The number of fused-ring (bicyclic) bond motifs is 1. The number of thiophene rings is 1.